The first-order valence-corrected chi connectivity index (χ1v) is 7.47. The molecule has 2 aromatic carbocycles. The lowest BCUT2D eigenvalue weighted by Crippen LogP contribution is -2.24. The molecule has 0 saturated heterocycles. The van der Waals surface area contributed by atoms with Gasteiger partial charge in [-0.2, -0.15) is 0 Å². The van der Waals surface area contributed by atoms with Crippen LogP contribution in [0.5, 0.6) is 11.5 Å². The lowest BCUT2D eigenvalue weighted by Gasteiger charge is -2.14. The number of hydrogen-bond acceptors (Lipinski definition) is 3. The number of halogens is 2. The van der Waals surface area contributed by atoms with Crippen molar-refractivity contribution >= 4 is 21.6 Å². The van der Waals surface area contributed by atoms with Gasteiger partial charge >= 0.3 is 0 Å². The van der Waals surface area contributed by atoms with Gasteiger partial charge in [0.05, 0.1) is 19.3 Å². The normalized spacial score (nSPS) is 16.2. The Morgan fingerprint density at radius 1 is 1.33 bits per heavy atom. The minimum atomic E-state index is -0.297. The highest BCUT2D eigenvalue weighted by Gasteiger charge is 2.23. The van der Waals surface area contributed by atoms with Crippen molar-refractivity contribution in [3.63, 3.8) is 0 Å². The molecule has 5 heteroatoms. The van der Waals surface area contributed by atoms with Crippen LogP contribution in [0.3, 0.4) is 0 Å². The SMILES string of the molecule is COc1ccc(F)c(NCC2Cc3cc(Br)ccc3O2)c1. The molecule has 0 amide bonds. The molecule has 1 aliphatic rings. The summed E-state index contributed by atoms with van der Waals surface area (Å²) in [6.07, 6.45) is 0.813. The highest BCUT2D eigenvalue weighted by molar-refractivity contribution is 9.10. The van der Waals surface area contributed by atoms with Crippen LogP contribution in [-0.4, -0.2) is 19.8 Å². The highest BCUT2D eigenvalue weighted by Crippen LogP contribution is 2.31. The van der Waals surface area contributed by atoms with Crippen molar-refractivity contribution in [3.05, 3.63) is 52.3 Å². The van der Waals surface area contributed by atoms with Gasteiger partial charge in [0.25, 0.3) is 0 Å². The van der Waals surface area contributed by atoms with Crippen molar-refractivity contribution in [2.75, 3.05) is 19.0 Å². The number of anilines is 1. The second kappa shape index (κ2) is 5.93. The number of ether oxygens (including phenoxy) is 2. The van der Waals surface area contributed by atoms with Gasteiger partial charge in [0, 0.05) is 17.0 Å². The van der Waals surface area contributed by atoms with Crippen molar-refractivity contribution in [1.82, 2.24) is 0 Å². The predicted molar refractivity (Wildman–Crippen MR) is 83.7 cm³/mol. The molecule has 3 rings (SSSR count). The summed E-state index contributed by atoms with van der Waals surface area (Å²) in [6.45, 7) is 0.538. The Morgan fingerprint density at radius 3 is 3.00 bits per heavy atom. The molecule has 0 bridgehead atoms. The molecule has 0 radical (unpaired) electrons. The van der Waals surface area contributed by atoms with Crippen molar-refractivity contribution in [2.45, 2.75) is 12.5 Å². The van der Waals surface area contributed by atoms with Crippen LogP contribution in [0, 0.1) is 5.82 Å². The quantitative estimate of drug-likeness (QED) is 0.902. The van der Waals surface area contributed by atoms with Crippen LogP contribution in [0.4, 0.5) is 10.1 Å². The highest BCUT2D eigenvalue weighted by atomic mass is 79.9. The minimum Gasteiger partial charge on any atom is -0.497 e. The first-order valence-electron chi connectivity index (χ1n) is 6.68. The van der Waals surface area contributed by atoms with E-state index in [1.54, 1.807) is 19.2 Å². The van der Waals surface area contributed by atoms with Gasteiger partial charge in [-0.15, -0.1) is 0 Å². The Bertz CT molecular complexity index is 663. The molecule has 1 aliphatic heterocycles. The van der Waals surface area contributed by atoms with Gasteiger partial charge in [-0.1, -0.05) is 15.9 Å². The Morgan fingerprint density at radius 2 is 2.19 bits per heavy atom. The lowest BCUT2D eigenvalue weighted by molar-refractivity contribution is 0.246. The van der Waals surface area contributed by atoms with E-state index in [1.807, 2.05) is 12.1 Å². The smallest absolute Gasteiger partial charge is 0.146 e. The molecule has 0 aromatic heterocycles. The molecule has 3 nitrogen and oxygen atoms in total. The van der Waals surface area contributed by atoms with Gasteiger partial charge in [-0.05, 0) is 35.9 Å². The van der Waals surface area contributed by atoms with E-state index in [2.05, 4.69) is 27.3 Å². The van der Waals surface area contributed by atoms with Crippen molar-refractivity contribution < 1.29 is 13.9 Å². The largest absolute Gasteiger partial charge is 0.497 e. The van der Waals surface area contributed by atoms with Gasteiger partial charge in [-0.25, -0.2) is 4.39 Å². The summed E-state index contributed by atoms with van der Waals surface area (Å²) in [5.74, 6) is 1.23. The number of rotatable bonds is 4. The summed E-state index contributed by atoms with van der Waals surface area (Å²) in [5.41, 5.74) is 1.59. The summed E-state index contributed by atoms with van der Waals surface area (Å²) >= 11 is 3.45. The summed E-state index contributed by atoms with van der Waals surface area (Å²) in [6, 6.07) is 10.6. The molecule has 0 fully saturated rings. The number of hydrogen-bond donors (Lipinski definition) is 1. The Hall–Kier alpha value is -1.75. The number of fused-ring (bicyclic) bond motifs is 1. The first-order chi connectivity index (χ1) is 10.2. The molecule has 1 unspecified atom stereocenters. The predicted octanol–water partition coefficient (Wildman–Crippen LogP) is 4.01. The fraction of sp³-hybridized carbons (Fsp3) is 0.250. The zero-order chi connectivity index (χ0) is 14.8. The molecule has 1 N–H and O–H groups in total. The van der Waals surface area contributed by atoms with Crippen LogP contribution in [0.25, 0.3) is 0 Å². The van der Waals surface area contributed by atoms with Crippen LogP contribution in [-0.2, 0) is 6.42 Å². The molecule has 0 saturated carbocycles. The molecular formula is C16H15BrFNO2. The zero-order valence-electron chi connectivity index (χ0n) is 11.5. The van der Waals surface area contributed by atoms with Crippen LogP contribution >= 0.6 is 15.9 Å². The van der Waals surface area contributed by atoms with E-state index in [0.717, 1.165) is 16.6 Å². The fourth-order valence-electron chi connectivity index (χ4n) is 2.39. The second-order valence-corrected chi connectivity index (χ2v) is 5.84. The van der Waals surface area contributed by atoms with Gasteiger partial charge in [0.15, 0.2) is 0 Å². The summed E-state index contributed by atoms with van der Waals surface area (Å²) in [5, 5.41) is 3.09. The number of methoxy groups -OCH3 is 1. The van der Waals surface area contributed by atoms with Crippen LogP contribution in [0.15, 0.2) is 40.9 Å². The van der Waals surface area contributed by atoms with Crippen molar-refractivity contribution in [3.8, 4) is 11.5 Å². The van der Waals surface area contributed by atoms with Crippen molar-refractivity contribution in [2.24, 2.45) is 0 Å². The van der Waals surface area contributed by atoms with E-state index in [0.29, 0.717) is 18.0 Å². The molecule has 0 spiro atoms. The first kappa shape index (κ1) is 14.2. The average Bonchev–Trinajstić information content (AvgIpc) is 2.88. The van der Waals surface area contributed by atoms with Crippen LogP contribution in [0.1, 0.15) is 5.56 Å². The number of benzene rings is 2. The Balaban J connectivity index is 1.65. The standard InChI is InChI=1S/C16H15BrFNO2/c1-20-12-3-4-14(18)15(8-12)19-9-13-7-10-6-11(17)2-5-16(10)21-13/h2-6,8,13,19H,7,9H2,1H3. The van der Waals surface area contributed by atoms with Gasteiger partial charge in [-0.3, -0.25) is 0 Å². The minimum absolute atomic E-state index is 0.0000916. The van der Waals surface area contributed by atoms with Gasteiger partial charge < -0.3 is 14.8 Å². The van der Waals surface area contributed by atoms with E-state index in [4.69, 9.17) is 9.47 Å². The van der Waals surface area contributed by atoms with Crippen molar-refractivity contribution in [1.29, 1.82) is 0 Å². The maximum atomic E-state index is 13.7. The maximum absolute atomic E-state index is 13.7. The lowest BCUT2D eigenvalue weighted by atomic mass is 10.1. The molecule has 1 heterocycles. The third-order valence-corrected chi connectivity index (χ3v) is 3.95. The summed E-state index contributed by atoms with van der Waals surface area (Å²) in [7, 11) is 1.56. The third kappa shape index (κ3) is 3.13. The van der Waals surface area contributed by atoms with E-state index in [9.17, 15) is 4.39 Å². The van der Waals surface area contributed by atoms with Gasteiger partial charge in [0.1, 0.15) is 23.4 Å². The van der Waals surface area contributed by atoms with Crippen LogP contribution in [0.2, 0.25) is 0 Å². The summed E-state index contributed by atoms with van der Waals surface area (Å²) < 4.78 is 25.7. The summed E-state index contributed by atoms with van der Waals surface area (Å²) in [4.78, 5) is 0. The molecular weight excluding hydrogens is 337 g/mol. The Labute approximate surface area is 131 Å². The van der Waals surface area contributed by atoms with E-state index in [1.165, 1.54) is 11.6 Å². The average molecular weight is 352 g/mol. The van der Waals surface area contributed by atoms with Gasteiger partial charge in [0.2, 0.25) is 0 Å². The maximum Gasteiger partial charge on any atom is 0.146 e. The third-order valence-electron chi connectivity index (χ3n) is 3.46. The van der Waals surface area contributed by atoms with E-state index >= 15 is 0 Å². The topological polar surface area (TPSA) is 30.5 Å². The monoisotopic (exact) mass is 351 g/mol. The zero-order valence-corrected chi connectivity index (χ0v) is 13.1. The fourth-order valence-corrected chi connectivity index (χ4v) is 2.80. The molecule has 21 heavy (non-hydrogen) atoms. The number of nitrogens with one attached hydrogen (secondary N) is 1. The van der Waals surface area contributed by atoms with Crippen LogP contribution < -0.4 is 14.8 Å². The molecule has 2 aromatic rings. The van der Waals surface area contributed by atoms with E-state index in [-0.39, 0.29) is 11.9 Å². The van der Waals surface area contributed by atoms with E-state index < -0.39 is 0 Å². The molecule has 1 atom stereocenters. The molecule has 110 valence electrons. The Kier molecular flexibility index (Phi) is 4.01. The molecule has 0 aliphatic carbocycles. The second-order valence-electron chi connectivity index (χ2n) is 4.92.